The first-order valence-corrected chi connectivity index (χ1v) is 17.8. The number of non-ortho nitro benzene ring substituents is 2. The third-order valence-electron chi connectivity index (χ3n) is 9.07. The highest BCUT2D eigenvalue weighted by molar-refractivity contribution is 5.99. The van der Waals surface area contributed by atoms with Gasteiger partial charge >= 0.3 is 0 Å². The normalized spacial score (nSPS) is 15.5. The van der Waals surface area contributed by atoms with Crippen LogP contribution in [0.3, 0.4) is 0 Å². The lowest BCUT2D eigenvalue weighted by molar-refractivity contribution is -0.393. The molecule has 0 aromatic heterocycles. The number of carbonyl (C=O) groups excluding carboxylic acids is 4. The Bertz CT molecular complexity index is 1910. The smallest absolute Gasteiger partial charge is 0.299 e. The molecule has 1 heterocycles. The highest BCUT2D eigenvalue weighted by atomic mass is 16.6. The molecular formula is C37H44N8O10. The summed E-state index contributed by atoms with van der Waals surface area (Å²) in [6.45, 7) is 7.33. The quantitative estimate of drug-likeness (QED) is 0.108. The predicted molar refractivity (Wildman–Crippen MR) is 202 cm³/mol. The number of hydrogen-bond donors (Lipinski definition) is 4. The van der Waals surface area contributed by atoms with Crippen molar-refractivity contribution in [3.05, 3.63) is 109 Å². The summed E-state index contributed by atoms with van der Waals surface area (Å²) in [6.07, 6.45) is 0.992. The first-order chi connectivity index (χ1) is 26.0. The van der Waals surface area contributed by atoms with Gasteiger partial charge in [0.1, 0.15) is 29.9 Å². The molecule has 0 aliphatic carbocycles. The summed E-state index contributed by atoms with van der Waals surface area (Å²) in [5.41, 5.74) is -0.357. The Morgan fingerprint density at radius 2 is 1.42 bits per heavy atom. The second-order valence-corrected chi connectivity index (χ2v) is 14.0. The van der Waals surface area contributed by atoms with Crippen molar-refractivity contribution in [2.24, 2.45) is 11.8 Å². The van der Waals surface area contributed by atoms with Crippen molar-refractivity contribution in [2.45, 2.75) is 77.5 Å². The van der Waals surface area contributed by atoms with Gasteiger partial charge in [0.05, 0.1) is 20.8 Å². The van der Waals surface area contributed by atoms with Crippen molar-refractivity contribution >= 4 is 52.1 Å². The fourth-order valence-corrected chi connectivity index (χ4v) is 6.29. The summed E-state index contributed by atoms with van der Waals surface area (Å²) in [5, 5.41) is 45.3. The second kappa shape index (κ2) is 18.5. The van der Waals surface area contributed by atoms with Gasteiger partial charge < -0.3 is 26.2 Å². The van der Waals surface area contributed by atoms with Gasteiger partial charge in [0, 0.05) is 36.9 Å². The molecule has 4 rings (SSSR count). The molecule has 18 heteroatoms. The Balaban J connectivity index is 1.56. The van der Waals surface area contributed by atoms with E-state index in [0.717, 1.165) is 18.2 Å². The zero-order valence-electron chi connectivity index (χ0n) is 30.8. The number of nitrogens with one attached hydrogen (secondary N) is 4. The summed E-state index contributed by atoms with van der Waals surface area (Å²) >= 11 is 0. The van der Waals surface area contributed by atoms with Gasteiger partial charge in [-0.15, -0.1) is 0 Å². The van der Waals surface area contributed by atoms with Crippen molar-refractivity contribution < 1.29 is 33.9 Å². The van der Waals surface area contributed by atoms with E-state index in [-0.39, 0.29) is 42.6 Å². The van der Waals surface area contributed by atoms with E-state index in [4.69, 9.17) is 0 Å². The highest BCUT2D eigenvalue weighted by Crippen LogP contribution is 2.30. The number of likely N-dealkylation sites (tertiary alicyclic amines) is 1. The van der Waals surface area contributed by atoms with Gasteiger partial charge in [-0.2, -0.15) is 0 Å². The van der Waals surface area contributed by atoms with Crippen molar-refractivity contribution in [1.82, 2.24) is 15.5 Å². The van der Waals surface area contributed by atoms with Crippen LogP contribution in [0.5, 0.6) is 0 Å². The maximum atomic E-state index is 14.3. The molecule has 1 fully saturated rings. The Morgan fingerprint density at radius 1 is 0.782 bits per heavy atom. The van der Waals surface area contributed by atoms with E-state index in [9.17, 15) is 49.5 Å². The van der Waals surface area contributed by atoms with Gasteiger partial charge in [0.25, 0.3) is 17.1 Å². The largest absolute Gasteiger partial charge is 0.368 e. The molecule has 0 radical (unpaired) electrons. The van der Waals surface area contributed by atoms with Crippen LogP contribution in [0.25, 0.3) is 0 Å². The number of nitrogens with zero attached hydrogens (tertiary/aromatic N) is 4. The molecule has 0 bridgehead atoms. The minimum absolute atomic E-state index is 0.0502. The standard InChI is InChI=1S/C37H44N8O10/c1-22(2)19-29(39-28-17-16-27(44(52)53)21-32(28)45(54)55)34(46)40-30(20-24-9-6-5-7-10-24)37(49)42-18-8-11-31(42)35(47)41-33(23(3)4)36(48)38-25-12-14-26(15-13-25)43(50)51/h5-7,9-10,12-17,21-23,29-31,33,39H,8,11,18-20H2,1-4H3,(H,38,48)(H,40,46)(H,41,47)/t29-,30+,31-,33-/m0/s1. The zero-order valence-corrected chi connectivity index (χ0v) is 30.8. The number of nitro benzene ring substituents is 3. The van der Waals surface area contributed by atoms with Crippen LogP contribution in [-0.4, -0.2) is 74.0 Å². The minimum atomic E-state index is -1.17. The Labute approximate surface area is 316 Å². The number of anilines is 2. The zero-order chi connectivity index (χ0) is 40.4. The van der Waals surface area contributed by atoms with Crippen molar-refractivity contribution in [3.63, 3.8) is 0 Å². The second-order valence-electron chi connectivity index (χ2n) is 14.0. The molecule has 0 unspecified atom stereocenters. The Kier molecular flexibility index (Phi) is 13.9. The van der Waals surface area contributed by atoms with Crippen LogP contribution in [0.15, 0.2) is 72.8 Å². The number of amides is 4. The fraction of sp³-hybridized carbons (Fsp3) is 0.405. The molecule has 18 nitrogen and oxygen atoms in total. The third-order valence-corrected chi connectivity index (χ3v) is 9.07. The summed E-state index contributed by atoms with van der Waals surface area (Å²) < 4.78 is 0. The molecule has 3 aromatic rings. The highest BCUT2D eigenvalue weighted by Gasteiger charge is 2.40. The molecule has 0 saturated carbocycles. The lowest BCUT2D eigenvalue weighted by atomic mass is 10.00. The van der Waals surface area contributed by atoms with E-state index in [2.05, 4.69) is 21.3 Å². The summed E-state index contributed by atoms with van der Waals surface area (Å²) in [6, 6.07) is 12.9. The average Bonchev–Trinajstić information content (AvgIpc) is 3.63. The lowest BCUT2D eigenvalue weighted by Gasteiger charge is -2.31. The number of benzene rings is 3. The molecular weight excluding hydrogens is 716 g/mol. The average molecular weight is 761 g/mol. The number of carbonyl (C=O) groups is 4. The first-order valence-electron chi connectivity index (χ1n) is 17.8. The van der Waals surface area contributed by atoms with Crippen LogP contribution in [0, 0.1) is 42.2 Å². The van der Waals surface area contributed by atoms with Gasteiger partial charge in [-0.1, -0.05) is 58.0 Å². The van der Waals surface area contributed by atoms with Gasteiger partial charge in [-0.25, -0.2) is 0 Å². The van der Waals surface area contributed by atoms with Crippen LogP contribution in [0.1, 0.15) is 52.5 Å². The first kappa shape index (κ1) is 41.3. The van der Waals surface area contributed by atoms with Crippen LogP contribution in [0.4, 0.5) is 28.4 Å². The molecule has 292 valence electrons. The SMILES string of the molecule is CC(C)C[C@H](Nc1ccc([N+](=O)[O-])cc1[N+](=O)[O-])C(=O)N[C@H](Cc1ccccc1)C(=O)N1CCC[C@H]1C(=O)N[C@H](C(=O)Nc1ccc([N+](=O)[O-])cc1)C(C)C. The van der Waals surface area contributed by atoms with Crippen LogP contribution in [0.2, 0.25) is 0 Å². The molecule has 0 spiro atoms. The predicted octanol–water partition coefficient (Wildman–Crippen LogP) is 4.74. The van der Waals surface area contributed by atoms with Gasteiger partial charge in [0.15, 0.2) is 0 Å². The van der Waals surface area contributed by atoms with E-state index in [1.54, 1.807) is 44.2 Å². The monoisotopic (exact) mass is 760 g/mol. The molecule has 1 aliphatic heterocycles. The van der Waals surface area contributed by atoms with E-state index < -0.39 is 73.9 Å². The van der Waals surface area contributed by atoms with E-state index in [0.29, 0.717) is 24.1 Å². The Hall–Kier alpha value is -6.46. The number of rotatable bonds is 17. The maximum Gasteiger partial charge on any atom is 0.299 e. The van der Waals surface area contributed by atoms with Gasteiger partial charge in [-0.3, -0.25) is 49.5 Å². The topological polar surface area (TPSA) is 249 Å². The van der Waals surface area contributed by atoms with Crippen LogP contribution in [-0.2, 0) is 25.6 Å². The third kappa shape index (κ3) is 11.0. The van der Waals surface area contributed by atoms with Crippen LogP contribution >= 0.6 is 0 Å². The Morgan fingerprint density at radius 3 is 2.00 bits per heavy atom. The molecule has 55 heavy (non-hydrogen) atoms. The number of nitro groups is 3. The van der Waals surface area contributed by atoms with E-state index in [1.807, 2.05) is 13.8 Å². The molecule has 4 atom stereocenters. The van der Waals surface area contributed by atoms with Crippen molar-refractivity contribution in [2.75, 3.05) is 17.2 Å². The molecule has 3 aromatic carbocycles. The molecule has 1 saturated heterocycles. The van der Waals surface area contributed by atoms with E-state index in [1.165, 1.54) is 29.2 Å². The molecule has 4 amide bonds. The van der Waals surface area contributed by atoms with Gasteiger partial charge in [0.2, 0.25) is 23.6 Å². The summed E-state index contributed by atoms with van der Waals surface area (Å²) in [7, 11) is 0. The fourth-order valence-electron chi connectivity index (χ4n) is 6.29. The summed E-state index contributed by atoms with van der Waals surface area (Å²) in [5.74, 6) is -2.80. The van der Waals surface area contributed by atoms with Crippen molar-refractivity contribution in [3.8, 4) is 0 Å². The van der Waals surface area contributed by atoms with E-state index >= 15 is 0 Å². The minimum Gasteiger partial charge on any atom is -0.368 e. The summed E-state index contributed by atoms with van der Waals surface area (Å²) in [4.78, 5) is 88.8. The molecule has 4 N–H and O–H groups in total. The van der Waals surface area contributed by atoms with Gasteiger partial charge in [-0.05, 0) is 54.9 Å². The van der Waals surface area contributed by atoms with Crippen LogP contribution < -0.4 is 21.3 Å². The molecule has 1 aliphatic rings. The van der Waals surface area contributed by atoms with Crippen molar-refractivity contribution in [1.29, 1.82) is 0 Å². The number of hydrogen-bond acceptors (Lipinski definition) is 11. The lowest BCUT2D eigenvalue weighted by Crippen LogP contribution is -2.58. The maximum absolute atomic E-state index is 14.3.